The fraction of sp³-hybridized carbons (Fsp3) is 0.118. The van der Waals surface area contributed by atoms with Crippen LogP contribution in [-0.2, 0) is 0 Å². The maximum absolute atomic E-state index is 9.47. The van der Waals surface area contributed by atoms with Crippen LogP contribution in [-0.4, -0.2) is 14.2 Å². The first-order valence-electron chi connectivity index (χ1n) is 6.49. The van der Waals surface area contributed by atoms with Crippen molar-refractivity contribution in [3.8, 4) is 17.6 Å². The number of nitriles is 1. The summed E-state index contributed by atoms with van der Waals surface area (Å²) in [6.45, 7) is 0. The predicted molar refractivity (Wildman–Crippen MR) is 97.2 cm³/mol. The van der Waals surface area contributed by atoms with Gasteiger partial charge in [0.05, 0.1) is 30.9 Å². The predicted octanol–water partition coefficient (Wildman–Crippen LogP) is 5.84. The number of hydrogen-bond donors (Lipinski definition) is 0. The number of methoxy groups -OCH3 is 2. The molecule has 118 valence electrons. The highest BCUT2D eigenvalue weighted by Crippen LogP contribution is 2.36. The second kappa shape index (κ2) is 7.74. The molecule has 0 saturated heterocycles. The molecule has 0 aliphatic rings. The van der Waals surface area contributed by atoms with E-state index in [4.69, 9.17) is 32.7 Å². The molecular weight excluding hydrogens is 401 g/mol. The Morgan fingerprint density at radius 3 is 2.35 bits per heavy atom. The van der Waals surface area contributed by atoms with Crippen LogP contribution in [0.1, 0.15) is 11.1 Å². The third-order valence-corrected chi connectivity index (χ3v) is 4.38. The lowest BCUT2D eigenvalue weighted by molar-refractivity contribution is 0.354. The molecule has 3 nitrogen and oxygen atoms in total. The lowest BCUT2D eigenvalue weighted by Gasteiger charge is -2.10. The van der Waals surface area contributed by atoms with Crippen LogP contribution in [0.2, 0.25) is 10.0 Å². The highest BCUT2D eigenvalue weighted by atomic mass is 79.9. The highest BCUT2D eigenvalue weighted by molar-refractivity contribution is 9.10. The first-order valence-corrected chi connectivity index (χ1v) is 8.03. The molecule has 0 aromatic heterocycles. The fourth-order valence-corrected chi connectivity index (χ4v) is 2.96. The summed E-state index contributed by atoms with van der Waals surface area (Å²) in [6, 6.07) is 10.7. The van der Waals surface area contributed by atoms with Crippen LogP contribution in [0.25, 0.3) is 11.6 Å². The summed E-state index contributed by atoms with van der Waals surface area (Å²) in [5.74, 6) is 1.17. The van der Waals surface area contributed by atoms with Gasteiger partial charge in [-0.1, -0.05) is 45.2 Å². The summed E-state index contributed by atoms with van der Waals surface area (Å²) in [4.78, 5) is 0. The van der Waals surface area contributed by atoms with E-state index < -0.39 is 0 Å². The van der Waals surface area contributed by atoms with Gasteiger partial charge in [-0.25, -0.2) is 0 Å². The van der Waals surface area contributed by atoms with Crippen LogP contribution in [0.5, 0.6) is 11.5 Å². The molecule has 0 aliphatic heterocycles. The summed E-state index contributed by atoms with van der Waals surface area (Å²) in [5.41, 5.74) is 1.80. The van der Waals surface area contributed by atoms with Crippen molar-refractivity contribution in [2.24, 2.45) is 0 Å². The van der Waals surface area contributed by atoms with Crippen molar-refractivity contribution in [2.75, 3.05) is 14.2 Å². The summed E-state index contributed by atoms with van der Waals surface area (Å²) in [7, 11) is 3.12. The summed E-state index contributed by atoms with van der Waals surface area (Å²) in [6.07, 6.45) is 1.72. The lowest BCUT2D eigenvalue weighted by Crippen LogP contribution is -1.92. The largest absolute Gasteiger partial charge is 0.493 e. The van der Waals surface area contributed by atoms with E-state index in [0.29, 0.717) is 32.7 Å². The van der Waals surface area contributed by atoms with Gasteiger partial charge in [-0.05, 0) is 35.9 Å². The normalized spacial score (nSPS) is 11.0. The van der Waals surface area contributed by atoms with Crippen molar-refractivity contribution in [3.63, 3.8) is 0 Å². The second-order valence-electron chi connectivity index (χ2n) is 4.52. The molecule has 0 aliphatic carbocycles. The van der Waals surface area contributed by atoms with E-state index in [9.17, 15) is 5.26 Å². The number of ether oxygens (including phenoxy) is 2. The molecule has 23 heavy (non-hydrogen) atoms. The van der Waals surface area contributed by atoms with Crippen LogP contribution in [0.4, 0.5) is 0 Å². The molecule has 0 spiro atoms. The molecule has 2 aromatic carbocycles. The van der Waals surface area contributed by atoms with E-state index in [2.05, 4.69) is 22.0 Å². The van der Waals surface area contributed by atoms with Gasteiger partial charge in [0.15, 0.2) is 11.5 Å². The quantitative estimate of drug-likeness (QED) is 0.468. The Bertz CT molecular complexity index is 813. The van der Waals surface area contributed by atoms with Gasteiger partial charge in [-0.15, -0.1) is 0 Å². The number of benzene rings is 2. The van der Waals surface area contributed by atoms with Crippen LogP contribution in [0.3, 0.4) is 0 Å². The first kappa shape index (κ1) is 17.7. The lowest BCUT2D eigenvalue weighted by atomic mass is 10.0. The molecular formula is C17H12BrCl2NO2. The summed E-state index contributed by atoms with van der Waals surface area (Å²) < 4.78 is 11.3. The standard InChI is InChI=1S/C17H12BrCl2NO2/c1-22-16-6-10(14(18)8-17(16)23-2)5-11(9-21)13-4-3-12(19)7-15(13)20/h3-8H,1-2H3/b11-5+. The number of allylic oxidation sites excluding steroid dienone is 1. The molecule has 0 unspecified atom stereocenters. The van der Waals surface area contributed by atoms with E-state index in [1.54, 1.807) is 50.6 Å². The number of halogens is 3. The zero-order valence-electron chi connectivity index (χ0n) is 12.4. The minimum Gasteiger partial charge on any atom is -0.493 e. The number of nitrogens with zero attached hydrogens (tertiary/aromatic N) is 1. The SMILES string of the molecule is COc1cc(Br)c(/C=C(\C#N)c2ccc(Cl)cc2Cl)cc1OC. The van der Waals surface area contributed by atoms with Crippen molar-refractivity contribution in [1.29, 1.82) is 5.26 Å². The van der Waals surface area contributed by atoms with E-state index in [1.807, 2.05) is 0 Å². The van der Waals surface area contributed by atoms with Gasteiger partial charge < -0.3 is 9.47 Å². The molecule has 0 radical (unpaired) electrons. The van der Waals surface area contributed by atoms with Gasteiger partial charge in [0, 0.05) is 15.1 Å². The molecule has 2 rings (SSSR count). The van der Waals surface area contributed by atoms with Crippen molar-refractivity contribution in [3.05, 3.63) is 56.0 Å². The van der Waals surface area contributed by atoms with Crippen LogP contribution < -0.4 is 9.47 Å². The Labute approximate surface area is 153 Å². The molecule has 0 N–H and O–H groups in total. The van der Waals surface area contributed by atoms with Gasteiger partial charge in [0.2, 0.25) is 0 Å². The molecule has 0 fully saturated rings. The Morgan fingerprint density at radius 2 is 1.78 bits per heavy atom. The van der Waals surface area contributed by atoms with Gasteiger partial charge in [-0.2, -0.15) is 5.26 Å². The topological polar surface area (TPSA) is 42.2 Å². The Balaban J connectivity index is 2.56. The van der Waals surface area contributed by atoms with Gasteiger partial charge in [-0.3, -0.25) is 0 Å². The molecule has 0 atom stereocenters. The molecule has 0 amide bonds. The average Bonchev–Trinajstić information content (AvgIpc) is 2.54. The minimum atomic E-state index is 0.416. The zero-order valence-corrected chi connectivity index (χ0v) is 15.5. The Kier molecular flexibility index (Phi) is 5.95. The Hall–Kier alpha value is -1.67. The highest BCUT2D eigenvalue weighted by Gasteiger charge is 2.11. The van der Waals surface area contributed by atoms with E-state index in [-0.39, 0.29) is 0 Å². The van der Waals surface area contributed by atoms with Crippen molar-refractivity contribution < 1.29 is 9.47 Å². The smallest absolute Gasteiger partial charge is 0.161 e. The first-order chi connectivity index (χ1) is 11.0. The van der Waals surface area contributed by atoms with Crippen LogP contribution in [0.15, 0.2) is 34.8 Å². The van der Waals surface area contributed by atoms with E-state index in [1.165, 1.54) is 0 Å². The van der Waals surface area contributed by atoms with Crippen molar-refractivity contribution >= 4 is 50.8 Å². The number of rotatable bonds is 4. The second-order valence-corrected chi connectivity index (χ2v) is 6.22. The molecule has 2 aromatic rings. The van der Waals surface area contributed by atoms with Crippen LogP contribution in [0, 0.1) is 11.3 Å². The molecule has 0 heterocycles. The fourth-order valence-electron chi connectivity index (χ4n) is 2.01. The van der Waals surface area contributed by atoms with E-state index >= 15 is 0 Å². The zero-order chi connectivity index (χ0) is 17.0. The molecule has 0 saturated carbocycles. The Morgan fingerprint density at radius 1 is 1.13 bits per heavy atom. The van der Waals surface area contributed by atoms with Gasteiger partial charge in [0.1, 0.15) is 0 Å². The summed E-state index contributed by atoms with van der Waals surface area (Å²) in [5, 5.41) is 10.4. The van der Waals surface area contributed by atoms with Gasteiger partial charge in [0.25, 0.3) is 0 Å². The van der Waals surface area contributed by atoms with Crippen molar-refractivity contribution in [1.82, 2.24) is 0 Å². The van der Waals surface area contributed by atoms with E-state index in [0.717, 1.165) is 10.0 Å². The third kappa shape index (κ3) is 4.00. The third-order valence-electron chi connectivity index (χ3n) is 3.14. The maximum atomic E-state index is 9.47. The van der Waals surface area contributed by atoms with Crippen LogP contribution >= 0.6 is 39.1 Å². The molecule has 0 bridgehead atoms. The van der Waals surface area contributed by atoms with Gasteiger partial charge >= 0.3 is 0 Å². The monoisotopic (exact) mass is 411 g/mol. The average molecular weight is 413 g/mol. The van der Waals surface area contributed by atoms with Crippen molar-refractivity contribution in [2.45, 2.75) is 0 Å². The number of hydrogen-bond acceptors (Lipinski definition) is 3. The summed E-state index contributed by atoms with van der Waals surface area (Å²) >= 11 is 15.5. The minimum absolute atomic E-state index is 0.416. The maximum Gasteiger partial charge on any atom is 0.161 e. The molecule has 6 heteroatoms.